The van der Waals surface area contributed by atoms with E-state index >= 15 is 0 Å². The van der Waals surface area contributed by atoms with Crippen molar-refractivity contribution in [3.8, 4) is 0 Å². The summed E-state index contributed by atoms with van der Waals surface area (Å²) < 4.78 is 4.95. The van der Waals surface area contributed by atoms with Crippen LogP contribution in [0.4, 0.5) is 5.69 Å². The van der Waals surface area contributed by atoms with Crippen LogP contribution in [0.5, 0.6) is 0 Å². The van der Waals surface area contributed by atoms with Crippen molar-refractivity contribution < 1.29 is 9.53 Å². The Balaban J connectivity index is 2.41. The zero-order valence-corrected chi connectivity index (χ0v) is 12.6. The quantitative estimate of drug-likeness (QED) is 0.555. The van der Waals surface area contributed by atoms with Gasteiger partial charge in [0.05, 0.1) is 6.04 Å². The molecule has 0 spiro atoms. The van der Waals surface area contributed by atoms with Crippen LogP contribution in [-0.4, -0.2) is 44.2 Å². The van der Waals surface area contributed by atoms with Crippen molar-refractivity contribution in [3.63, 3.8) is 0 Å². The van der Waals surface area contributed by atoms with E-state index in [0.29, 0.717) is 19.7 Å². The Labute approximate surface area is 121 Å². The smallest absolute Gasteiger partial charge is 0.237 e. The summed E-state index contributed by atoms with van der Waals surface area (Å²) in [6, 6.07) is 7.54. The molecule has 1 rings (SSSR count). The number of carbonyl (C=O) groups is 1. The first-order chi connectivity index (χ1) is 9.54. The van der Waals surface area contributed by atoms with Gasteiger partial charge in [-0.15, -0.1) is 0 Å². The molecule has 0 radical (unpaired) electrons. The number of ether oxygens (including phenoxy) is 1. The van der Waals surface area contributed by atoms with Gasteiger partial charge in [-0.1, -0.05) is 12.1 Å². The van der Waals surface area contributed by atoms with Crippen LogP contribution in [0.25, 0.3) is 0 Å². The van der Waals surface area contributed by atoms with Gasteiger partial charge >= 0.3 is 0 Å². The van der Waals surface area contributed by atoms with Crippen LogP contribution in [0.15, 0.2) is 24.3 Å². The second-order valence-electron chi connectivity index (χ2n) is 4.97. The topological polar surface area (TPSA) is 67.6 Å². The molecule has 0 aliphatic heterocycles. The number of likely N-dealkylation sites (N-methyl/N-ethyl adjacent to an activating group) is 1. The van der Waals surface area contributed by atoms with Gasteiger partial charge in [0.25, 0.3) is 0 Å². The maximum Gasteiger partial charge on any atom is 0.237 e. The average Bonchev–Trinajstić information content (AvgIpc) is 2.42. The number of carbonyl (C=O) groups excluding carboxylic acids is 1. The Bertz CT molecular complexity index is 423. The van der Waals surface area contributed by atoms with Crippen LogP contribution in [0.1, 0.15) is 18.9 Å². The van der Waals surface area contributed by atoms with Gasteiger partial charge in [-0.05, 0) is 38.1 Å². The van der Waals surface area contributed by atoms with E-state index in [9.17, 15) is 4.79 Å². The highest BCUT2D eigenvalue weighted by atomic mass is 16.5. The largest absolute Gasteiger partial charge is 0.399 e. The fraction of sp³-hybridized carbons (Fsp3) is 0.533. The van der Waals surface area contributed by atoms with Gasteiger partial charge in [0.1, 0.15) is 0 Å². The minimum Gasteiger partial charge on any atom is -0.399 e. The van der Waals surface area contributed by atoms with E-state index in [0.717, 1.165) is 17.7 Å². The Kier molecular flexibility index (Phi) is 7.04. The summed E-state index contributed by atoms with van der Waals surface area (Å²) in [5, 5.41) is 2.91. The Morgan fingerprint density at radius 2 is 2.25 bits per heavy atom. The van der Waals surface area contributed by atoms with Gasteiger partial charge in [-0.25, -0.2) is 0 Å². The molecule has 0 fully saturated rings. The third kappa shape index (κ3) is 5.59. The molecule has 5 heteroatoms. The Morgan fingerprint density at radius 3 is 2.90 bits per heavy atom. The van der Waals surface area contributed by atoms with Crippen LogP contribution >= 0.6 is 0 Å². The highest BCUT2D eigenvalue weighted by Gasteiger charge is 2.17. The molecule has 1 aromatic carbocycles. The number of amides is 1. The lowest BCUT2D eigenvalue weighted by Gasteiger charge is -2.24. The SMILES string of the molecule is COCCCNC(=O)C(C)N(C)Cc1cccc(N)c1. The number of hydrogen-bond donors (Lipinski definition) is 2. The van der Waals surface area contributed by atoms with E-state index in [2.05, 4.69) is 5.32 Å². The third-order valence-corrected chi connectivity index (χ3v) is 3.25. The van der Waals surface area contributed by atoms with Crippen molar-refractivity contribution in [1.29, 1.82) is 0 Å². The molecular formula is C15H25N3O2. The number of benzene rings is 1. The van der Waals surface area contributed by atoms with Gasteiger partial charge in [0.15, 0.2) is 0 Å². The van der Waals surface area contributed by atoms with Crippen LogP contribution < -0.4 is 11.1 Å². The summed E-state index contributed by atoms with van der Waals surface area (Å²) >= 11 is 0. The predicted molar refractivity (Wildman–Crippen MR) is 81.3 cm³/mol. The first-order valence-electron chi connectivity index (χ1n) is 6.86. The zero-order chi connectivity index (χ0) is 15.0. The monoisotopic (exact) mass is 279 g/mol. The normalized spacial score (nSPS) is 12.4. The van der Waals surface area contributed by atoms with Crippen LogP contribution in [0.2, 0.25) is 0 Å². The summed E-state index contributed by atoms with van der Waals surface area (Å²) in [5.74, 6) is 0.0347. The minimum absolute atomic E-state index is 0.0347. The number of rotatable bonds is 8. The number of nitrogens with one attached hydrogen (secondary N) is 1. The van der Waals surface area contributed by atoms with Crippen molar-refractivity contribution in [3.05, 3.63) is 29.8 Å². The van der Waals surface area contributed by atoms with Crippen molar-refractivity contribution in [2.24, 2.45) is 0 Å². The summed E-state index contributed by atoms with van der Waals surface area (Å²) in [6.07, 6.45) is 0.827. The second kappa shape index (κ2) is 8.55. The maximum atomic E-state index is 12.0. The van der Waals surface area contributed by atoms with Crippen molar-refractivity contribution in [2.45, 2.75) is 25.9 Å². The molecular weight excluding hydrogens is 254 g/mol. The summed E-state index contributed by atoms with van der Waals surface area (Å²) in [7, 11) is 3.59. The molecule has 3 N–H and O–H groups in total. The van der Waals surface area contributed by atoms with Crippen molar-refractivity contribution in [1.82, 2.24) is 10.2 Å². The summed E-state index contributed by atoms with van der Waals surface area (Å²) in [6.45, 7) is 3.90. The summed E-state index contributed by atoms with van der Waals surface area (Å²) in [4.78, 5) is 14.0. The maximum absolute atomic E-state index is 12.0. The van der Waals surface area contributed by atoms with Crippen molar-refractivity contribution in [2.75, 3.05) is 33.0 Å². The molecule has 112 valence electrons. The van der Waals surface area contributed by atoms with E-state index in [1.54, 1.807) is 7.11 Å². The molecule has 1 unspecified atom stereocenters. The molecule has 0 aliphatic carbocycles. The van der Waals surface area contributed by atoms with Crippen molar-refractivity contribution >= 4 is 11.6 Å². The minimum atomic E-state index is -0.182. The third-order valence-electron chi connectivity index (χ3n) is 3.25. The molecule has 0 bridgehead atoms. The number of nitrogen functional groups attached to an aromatic ring is 1. The zero-order valence-electron chi connectivity index (χ0n) is 12.6. The lowest BCUT2D eigenvalue weighted by Crippen LogP contribution is -2.43. The molecule has 0 heterocycles. The second-order valence-corrected chi connectivity index (χ2v) is 4.97. The first kappa shape index (κ1) is 16.5. The van der Waals surface area contributed by atoms with E-state index in [1.807, 2.05) is 43.1 Å². The number of nitrogens with zero attached hydrogens (tertiary/aromatic N) is 1. The Hall–Kier alpha value is -1.59. The van der Waals surface area contributed by atoms with Gasteiger partial charge in [-0.3, -0.25) is 9.69 Å². The molecule has 1 aromatic rings. The molecule has 1 amide bonds. The number of hydrogen-bond acceptors (Lipinski definition) is 4. The van der Waals surface area contributed by atoms with Gasteiger partial charge in [0.2, 0.25) is 5.91 Å². The molecule has 0 saturated carbocycles. The molecule has 1 atom stereocenters. The highest BCUT2D eigenvalue weighted by molar-refractivity contribution is 5.81. The van der Waals surface area contributed by atoms with Gasteiger partial charge < -0.3 is 15.8 Å². The fourth-order valence-electron chi connectivity index (χ4n) is 1.89. The standard InChI is InChI=1S/C15H25N3O2/c1-12(15(19)17-8-5-9-20-3)18(2)11-13-6-4-7-14(16)10-13/h4,6-7,10,12H,5,8-9,11,16H2,1-3H3,(H,17,19). The van der Waals surface area contributed by atoms with E-state index in [4.69, 9.17) is 10.5 Å². The highest BCUT2D eigenvalue weighted by Crippen LogP contribution is 2.10. The van der Waals surface area contributed by atoms with E-state index in [1.165, 1.54) is 0 Å². The molecule has 0 aliphatic rings. The molecule has 5 nitrogen and oxygen atoms in total. The van der Waals surface area contributed by atoms with E-state index in [-0.39, 0.29) is 11.9 Å². The molecule has 0 saturated heterocycles. The van der Waals surface area contributed by atoms with Crippen LogP contribution in [-0.2, 0) is 16.1 Å². The van der Waals surface area contributed by atoms with Crippen LogP contribution in [0, 0.1) is 0 Å². The predicted octanol–water partition coefficient (Wildman–Crippen LogP) is 1.24. The number of methoxy groups -OCH3 is 1. The molecule has 0 aromatic heterocycles. The first-order valence-corrected chi connectivity index (χ1v) is 6.86. The van der Waals surface area contributed by atoms with E-state index < -0.39 is 0 Å². The fourth-order valence-corrected chi connectivity index (χ4v) is 1.89. The molecule has 20 heavy (non-hydrogen) atoms. The lowest BCUT2D eigenvalue weighted by molar-refractivity contribution is -0.125. The lowest BCUT2D eigenvalue weighted by atomic mass is 10.1. The summed E-state index contributed by atoms with van der Waals surface area (Å²) in [5.41, 5.74) is 7.60. The Morgan fingerprint density at radius 1 is 1.50 bits per heavy atom. The average molecular weight is 279 g/mol. The number of nitrogens with two attached hydrogens (primary N) is 1. The van der Waals surface area contributed by atoms with Gasteiger partial charge in [-0.2, -0.15) is 0 Å². The van der Waals surface area contributed by atoms with Gasteiger partial charge in [0, 0.05) is 32.5 Å². The number of anilines is 1. The van der Waals surface area contributed by atoms with Crippen LogP contribution in [0.3, 0.4) is 0 Å².